The Hall–Kier alpha value is -1.87. The number of aromatic nitrogens is 1. The first-order chi connectivity index (χ1) is 10.4. The topological polar surface area (TPSA) is 28.2 Å². The van der Waals surface area contributed by atoms with Gasteiger partial charge >= 0.3 is 0 Å². The van der Waals surface area contributed by atoms with Crippen LogP contribution in [0, 0.1) is 0 Å². The molecular formula is C18H21N3. The third-order valence-corrected chi connectivity index (χ3v) is 4.35. The van der Waals surface area contributed by atoms with Crippen molar-refractivity contribution in [2.45, 2.75) is 38.4 Å². The number of benzene rings is 1. The number of pyridine rings is 1. The molecule has 1 N–H and O–H groups in total. The van der Waals surface area contributed by atoms with Gasteiger partial charge in [-0.2, -0.15) is 0 Å². The molecule has 2 aliphatic rings. The number of rotatable bonds is 5. The van der Waals surface area contributed by atoms with Gasteiger partial charge in [-0.1, -0.05) is 24.3 Å². The standard InChI is InChI=1S/C18H21N3/c1-2-7-18-14(4-1)10-11-21(18)13-17-6-3-5-16(20-17)12-19-15-8-9-15/h1-7,15,19H,8-13H2. The van der Waals surface area contributed by atoms with Crippen molar-refractivity contribution in [3.8, 4) is 0 Å². The van der Waals surface area contributed by atoms with Gasteiger partial charge in [0.2, 0.25) is 0 Å². The highest BCUT2D eigenvalue weighted by Crippen LogP contribution is 2.28. The van der Waals surface area contributed by atoms with Crippen LogP contribution in [0.15, 0.2) is 42.5 Å². The fourth-order valence-electron chi connectivity index (χ4n) is 3.02. The van der Waals surface area contributed by atoms with Crippen LogP contribution in [-0.4, -0.2) is 17.6 Å². The van der Waals surface area contributed by atoms with Crippen LogP contribution >= 0.6 is 0 Å². The van der Waals surface area contributed by atoms with E-state index in [0.717, 1.165) is 37.8 Å². The number of hydrogen-bond donors (Lipinski definition) is 1. The van der Waals surface area contributed by atoms with E-state index in [1.807, 2.05) is 0 Å². The molecule has 0 unspecified atom stereocenters. The van der Waals surface area contributed by atoms with Gasteiger partial charge in [-0.3, -0.25) is 4.98 Å². The maximum atomic E-state index is 4.80. The molecule has 108 valence electrons. The first-order valence-corrected chi connectivity index (χ1v) is 7.89. The van der Waals surface area contributed by atoms with Crippen molar-refractivity contribution < 1.29 is 0 Å². The van der Waals surface area contributed by atoms with Gasteiger partial charge in [-0.05, 0) is 43.0 Å². The van der Waals surface area contributed by atoms with Crippen molar-refractivity contribution in [2.75, 3.05) is 11.4 Å². The monoisotopic (exact) mass is 279 g/mol. The van der Waals surface area contributed by atoms with Crippen molar-refractivity contribution in [2.24, 2.45) is 0 Å². The molecule has 1 aromatic heterocycles. The second kappa shape index (κ2) is 5.49. The summed E-state index contributed by atoms with van der Waals surface area (Å²) in [6, 6.07) is 15.8. The summed E-state index contributed by atoms with van der Waals surface area (Å²) in [4.78, 5) is 7.24. The predicted molar refractivity (Wildman–Crippen MR) is 85.3 cm³/mol. The minimum Gasteiger partial charge on any atom is -0.365 e. The average molecular weight is 279 g/mol. The molecule has 0 spiro atoms. The van der Waals surface area contributed by atoms with E-state index >= 15 is 0 Å². The lowest BCUT2D eigenvalue weighted by atomic mass is 10.2. The zero-order chi connectivity index (χ0) is 14.1. The van der Waals surface area contributed by atoms with Crippen molar-refractivity contribution >= 4 is 5.69 Å². The average Bonchev–Trinajstić information content (AvgIpc) is 3.27. The van der Waals surface area contributed by atoms with Gasteiger partial charge in [0.05, 0.1) is 17.9 Å². The molecule has 0 bridgehead atoms. The van der Waals surface area contributed by atoms with Crippen LogP contribution in [0.25, 0.3) is 0 Å². The summed E-state index contributed by atoms with van der Waals surface area (Å²) < 4.78 is 0. The Morgan fingerprint density at radius 3 is 2.81 bits per heavy atom. The van der Waals surface area contributed by atoms with Gasteiger partial charge in [-0.25, -0.2) is 0 Å². The summed E-state index contributed by atoms with van der Waals surface area (Å²) in [7, 11) is 0. The second-order valence-corrected chi connectivity index (χ2v) is 6.08. The molecule has 0 saturated heterocycles. The second-order valence-electron chi connectivity index (χ2n) is 6.08. The Bertz CT molecular complexity index is 634. The molecule has 3 nitrogen and oxygen atoms in total. The molecule has 1 fully saturated rings. The third kappa shape index (κ3) is 2.93. The molecule has 2 aromatic rings. The summed E-state index contributed by atoms with van der Waals surface area (Å²) in [5, 5.41) is 3.53. The quantitative estimate of drug-likeness (QED) is 0.912. The number of anilines is 1. The third-order valence-electron chi connectivity index (χ3n) is 4.35. The van der Waals surface area contributed by atoms with Crippen LogP contribution in [0.1, 0.15) is 29.8 Å². The van der Waals surface area contributed by atoms with E-state index in [1.165, 1.54) is 29.8 Å². The zero-order valence-corrected chi connectivity index (χ0v) is 12.3. The van der Waals surface area contributed by atoms with E-state index in [2.05, 4.69) is 52.7 Å². The van der Waals surface area contributed by atoms with Gasteiger partial charge in [0.1, 0.15) is 0 Å². The molecule has 1 aliphatic carbocycles. The summed E-state index contributed by atoms with van der Waals surface area (Å²) in [6.07, 6.45) is 3.80. The number of para-hydroxylation sites is 1. The Morgan fingerprint density at radius 2 is 1.90 bits per heavy atom. The summed E-state index contributed by atoms with van der Waals surface area (Å²) in [6.45, 7) is 2.91. The van der Waals surface area contributed by atoms with Crippen LogP contribution in [0.5, 0.6) is 0 Å². The molecule has 0 atom stereocenters. The molecule has 1 aliphatic heterocycles. The van der Waals surface area contributed by atoms with E-state index in [1.54, 1.807) is 0 Å². The Kier molecular flexibility index (Phi) is 3.36. The lowest BCUT2D eigenvalue weighted by Crippen LogP contribution is -2.21. The van der Waals surface area contributed by atoms with E-state index < -0.39 is 0 Å². The Balaban J connectivity index is 1.46. The Morgan fingerprint density at radius 1 is 1.05 bits per heavy atom. The van der Waals surface area contributed by atoms with Gasteiger partial charge in [0.15, 0.2) is 0 Å². The maximum Gasteiger partial charge on any atom is 0.0602 e. The van der Waals surface area contributed by atoms with E-state index in [4.69, 9.17) is 4.98 Å². The summed E-state index contributed by atoms with van der Waals surface area (Å²) in [5.74, 6) is 0. The van der Waals surface area contributed by atoms with Crippen molar-refractivity contribution in [1.29, 1.82) is 0 Å². The number of nitrogens with zero attached hydrogens (tertiary/aromatic N) is 2. The maximum absolute atomic E-state index is 4.80. The predicted octanol–water partition coefficient (Wildman–Crippen LogP) is 2.90. The van der Waals surface area contributed by atoms with Crippen LogP contribution in [0.3, 0.4) is 0 Å². The van der Waals surface area contributed by atoms with E-state index in [9.17, 15) is 0 Å². The first-order valence-electron chi connectivity index (χ1n) is 7.89. The normalized spacial score (nSPS) is 17.0. The number of fused-ring (bicyclic) bond motifs is 1. The van der Waals surface area contributed by atoms with Crippen molar-refractivity contribution in [3.05, 3.63) is 59.4 Å². The fourth-order valence-corrected chi connectivity index (χ4v) is 3.02. The van der Waals surface area contributed by atoms with Crippen LogP contribution < -0.4 is 10.2 Å². The largest absolute Gasteiger partial charge is 0.365 e. The lowest BCUT2D eigenvalue weighted by molar-refractivity contribution is 0.669. The fraction of sp³-hybridized carbons (Fsp3) is 0.389. The van der Waals surface area contributed by atoms with Gasteiger partial charge in [0, 0.05) is 24.8 Å². The first kappa shape index (κ1) is 12.8. The molecule has 0 radical (unpaired) electrons. The molecule has 1 aromatic carbocycles. The van der Waals surface area contributed by atoms with Crippen LogP contribution in [0.4, 0.5) is 5.69 Å². The highest BCUT2D eigenvalue weighted by molar-refractivity contribution is 5.57. The van der Waals surface area contributed by atoms with Crippen molar-refractivity contribution in [1.82, 2.24) is 10.3 Å². The summed E-state index contributed by atoms with van der Waals surface area (Å²) in [5.41, 5.74) is 5.17. The SMILES string of the molecule is c1cc(CNC2CC2)nc(CN2CCc3ccccc32)c1. The smallest absolute Gasteiger partial charge is 0.0602 e. The summed E-state index contributed by atoms with van der Waals surface area (Å²) >= 11 is 0. The molecular weight excluding hydrogens is 258 g/mol. The molecule has 3 heteroatoms. The molecule has 4 rings (SSSR count). The van der Waals surface area contributed by atoms with Crippen molar-refractivity contribution in [3.63, 3.8) is 0 Å². The van der Waals surface area contributed by atoms with Gasteiger partial charge in [-0.15, -0.1) is 0 Å². The number of hydrogen-bond acceptors (Lipinski definition) is 3. The minimum absolute atomic E-state index is 0.737. The Labute approximate surface area is 126 Å². The van der Waals surface area contributed by atoms with Gasteiger partial charge in [0.25, 0.3) is 0 Å². The molecule has 1 saturated carbocycles. The molecule has 0 amide bonds. The molecule has 21 heavy (non-hydrogen) atoms. The zero-order valence-electron chi connectivity index (χ0n) is 12.3. The van der Waals surface area contributed by atoms with E-state index in [-0.39, 0.29) is 0 Å². The highest BCUT2D eigenvalue weighted by Gasteiger charge is 2.21. The lowest BCUT2D eigenvalue weighted by Gasteiger charge is -2.19. The van der Waals surface area contributed by atoms with Gasteiger partial charge < -0.3 is 10.2 Å². The van der Waals surface area contributed by atoms with E-state index in [0.29, 0.717) is 0 Å². The highest BCUT2D eigenvalue weighted by atomic mass is 15.2. The minimum atomic E-state index is 0.737. The van der Waals surface area contributed by atoms with Crippen LogP contribution in [-0.2, 0) is 19.5 Å². The number of nitrogens with one attached hydrogen (secondary N) is 1. The molecule has 2 heterocycles. The van der Waals surface area contributed by atoms with Crippen LogP contribution in [0.2, 0.25) is 0 Å².